The molecule has 2 aliphatic heterocycles. The Hall–Kier alpha value is -2.01. The number of carbonyl (C=O) groups excluding carboxylic acids is 1. The van der Waals surface area contributed by atoms with Crippen LogP contribution in [0, 0.1) is 11.8 Å². The molecule has 0 radical (unpaired) electrons. The molecule has 5 rings (SSSR count). The number of benzene rings is 1. The number of aliphatic imine (C=N–C) groups is 1. The Morgan fingerprint density at radius 2 is 1.71 bits per heavy atom. The van der Waals surface area contributed by atoms with Crippen LogP contribution in [0.2, 0.25) is 0 Å². The smallest absolute Gasteiger partial charge is 0.344 e. The number of amides is 1. The van der Waals surface area contributed by atoms with Crippen molar-refractivity contribution in [3.63, 3.8) is 0 Å². The second-order valence-corrected chi connectivity index (χ2v) is 12.6. The van der Waals surface area contributed by atoms with Crippen molar-refractivity contribution in [1.82, 2.24) is 4.90 Å². The van der Waals surface area contributed by atoms with Crippen LogP contribution >= 0.6 is 22.6 Å². The lowest BCUT2D eigenvalue weighted by Crippen LogP contribution is -2.61. The van der Waals surface area contributed by atoms with Gasteiger partial charge in [0.1, 0.15) is 9.43 Å². The van der Waals surface area contributed by atoms with Crippen LogP contribution < -0.4 is 4.90 Å². The molecule has 2 heterocycles. The normalized spacial score (nSPS) is 31.9. The lowest BCUT2D eigenvalue weighted by atomic mass is 9.68. The summed E-state index contributed by atoms with van der Waals surface area (Å²) in [5.41, 5.74) is 1.99. The molecule has 4 aliphatic rings. The zero-order valence-electron chi connectivity index (χ0n) is 22.2. The summed E-state index contributed by atoms with van der Waals surface area (Å²) in [7, 11) is 0. The number of hydrogen-bond acceptors (Lipinski definition) is 6. The second kappa shape index (κ2) is 12.4. The van der Waals surface area contributed by atoms with Crippen molar-refractivity contribution in [2.24, 2.45) is 22.0 Å². The quantitative estimate of drug-likeness (QED) is 0.157. The van der Waals surface area contributed by atoms with E-state index < -0.39 is 12.6 Å². The molecule has 4 atom stereocenters. The van der Waals surface area contributed by atoms with Gasteiger partial charge in [0.2, 0.25) is 13.0 Å². The van der Waals surface area contributed by atoms with E-state index in [2.05, 4.69) is 32.6 Å². The number of halogens is 1. The molecule has 1 N–H and O–H groups in total. The van der Waals surface area contributed by atoms with Crippen molar-refractivity contribution >= 4 is 55.8 Å². The van der Waals surface area contributed by atoms with Gasteiger partial charge in [-0.05, 0) is 98.4 Å². The molecule has 2 saturated carbocycles. The summed E-state index contributed by atoms with van der Waals surface area (Å²) in [6.07, 6.45) is 15.2. The van der Waals surface area contributed by atoms with Crippen molar-refractivity contribution in [3.05, 3.63) is 24.3 Å². The van der Waals surface area contributed by atoms with E-state index in [-0.39, 0.29) is 6.04 Å². The summed E-state index contributed by atoms with van der Waals surface area (Å²) in [5.74, 6) is 0.764. The van der Waals surface area contributed by atoms with Gasteiger partial charge in [-0.3, -0.25) is 9.69 Å². The van der Waals surface area contributed by atoms with Crippen LogP contribution in [-0.2, 0) is 14.4 Å². The number of para-hydroxylation sites is 2. The topological polar surface area (TPSA) is 94.8 Å². The van der Waals surface area contributed by atoms with Crippen LogP contribution in [0.15, 0.2) is 34.4 Å². The highest BCUT2D eigenvalue weighted by Crippen LogP contribution is 2.47. The minimum absolute atomic E-state index is 0.157. The van der Waals surface area contributed by atoms with Crippen molar-refractivity contribution < 1.29 is 19.5 Å². The Morgan fingerprint density at radius 3 is 2.37 bits per heavy atom. The van der Waals surface area contributed by atoms with E-state index in [1.54, 1.807) is 6.92 Å². The number of aliphatic carboxylic acids is 1. The Labute approximate surface area is 239 Å². The van der Waals surface area contributed by atoms with Crippen LogP contribution in [0.4, 0.5) is 11.4 Å². The number of fused-ring (bicyclic) bond motifs is 4. The van der Waals surface area contributed by atoms with Gasteiger partial charge in [0.05, 0.1) is 11.4 Å². The minimum atomic E-state index is -1.08. The summed E-state index contributed by atoms with van der Waals surface area (Å²) >= 11 is 2.07. The molecule has 9 heteroatoms. The molecule has 8 nitrogen and oxygen atoms in total. The SMILES string of the molecule is CC(=N\OCC(=O)O)/C(I)=N/c1ccccc1N(C=O)C1CC2CCCC(C1)N2C1CC2CCCC(C2)C1. The molecule has 4 bridgehead atoms. The number of oxime groups is 1. The number of carboxylic acid groups (broad SMARTS) is 1. The molecule has 4 unspecified atom stereocenters. The van der Waals surface area contributed by atoms with Gasteiger partial charge >= 0.3 is 5.97 Å². The molecule has 0 aromatic heterocycles. The largest absolute Gasteiger partial charge is 0.479 e. The van der Waals surface area contributed by atoms with Crippen LogP contribution in [0.3, 0.4) is 0 Å². The fourth-order valence-electron chi connectivity index (χ4n) is 7.68. The predicted molar refractivity (Wildman–Crippen MR) is 158 cm³/mol. The summed E-state index contributed by atoms with van der Waals surface area (Å²) in [5, 5.41) is 12.6. The summed E-state index contributed by atoms with van der Waals surface area (Å²) in [4.78, 5) is 37.7. The average Bonchev–Trinajstić information content (AvgIpc) is 2.89. The van der Waals surface area contributed by atoms with Crippen LogP contribution in [-0.4, -0.2) is 62.6 Å². The number of anilines is 1. The molecule has 2 aliphatic carbocycles. The third kappa shape index (κ3) is 6.24. The second-order valence-electron chi connectivity index (χ2n) is 11.6. The fourth-order valence-corrected chi connectivity index (χ4v) is 8.04. The first-order chi connectivity index (χ1) is 18.4. The summed E-state index contributed by atoms with van der Waals surface area (Å²) in [6.45, 7) is 1.23. The maximum atomic E-state index is 12.6. The number of carboxylic acids is 1. The number of piperidine rings is 2. The monoisotopic (exact) mass is 634 g/mol. The Kier molecular flexibility index (Phi) is 9.02. The maximum absolute atomic E-state index is 12.6. The van der Waals surface area contributed by atoms with E-state index in [1.165, 1.54) is 57.8 Å². The van der Waals surface area contributed by atoms with Crippen LogP contribution in [0.1, 0.15) is 77.6 Å². The Morgan fingerprint density at radius 1 is 1.05 bits per heavy atom. The third-order valence-electron chi connectivity index (χ3n) is 9.10. The van der Waals surface area contributed by atoms with Gasteiger partial charge in [0, 0.05) is 24.2 Å². The van der Waals surface area contributed by atoms with Gasteiger partial charge < -0.3 is 14.8 Å². The highest BCUT2D eigenvalue weighted by Gasteiger charge is 2.46. The maximum Gasteiger partial charge on any atom is 0.344 e. The first-order valence-electron chi connectivity index (χ1n) is 14.2. The van der Waals surface area contributed by atoms with Gasteiger partial charge in [-0.25, -0.2) is 9.79 Å². The van der Waals surface area contributed by atoms with E-state index in [0.717, 1.165) is 42.8 Å². The number of hydrogen-bond donors (Lipinski definition) is 1. The zero-order chi connectivity index (χ0) is 26.6. The Balaban J connectivity index is 1.33. The number of nitrogens with zero attached hydrogens (tertiary/aromatic N) is 4. The molecular formula is C29H39IN4O4. The minimum Gasteiger partial charge on any atom is -0.479 e. The van der Waals surface area contributed by atoms with Gasteiger partial charge in [-0.15, -0.1) is 0 Å². The van der Waals surface area contributed by atoms with E-state index in [4.69, 9.17) is 14.9 Å². The van der Waals surface area contributed by atoms with Gasteiger partial charge in [-0.2, -0.15) is 0 Å². The molecule has 4 fully saturated rings. The molecule has 1 amide bonds. The molecule has 0 spiro atoms. The molecular weight excluding hydrogens is 595 g/mol. The van der Waals surface area contributed by atoms with Crippen LogP contribution in [0.5, 0.6) is 0 Å². The number of rotatable bonds is 9. The van der Waals surface area contributed by atoms with E-state index in [1.807, 2.05) is 29.2 Å². The van der Waals surface area contributed by atoms with Crippen molar-refractivity contribution in [1.29, 1.82) is 0 Å². The first-order valence-corrected chi connectivity index (χ1v) is 15.2. The van der Waals surface area contributed by atoms with E-state index in [9.17, 15) is 9.59 Å². The molecule has 38 heavy (non-hydrogen) atoms. The number of carbonyl (C=O) groups is 2. The average molecular weight is 635 g/mol. The first kappa shape index (κ1) is 27.6. The van der Waals surface area contributed by atoms with E-state index in [0.29, 0.717) is 27.2 Å². The lowest BCUT2D eigenvalue weighted by molar-refractivity contribution is -0.142. The highest BCUT2D eigenvalue weighted by molar-refractivity contribution is 14.1. The zero-order valence-corrected chi connectivity index (χ0v) is 24.3. The van der Waals surface area contributed by atoms with Crippen LogP contribution in [0.25, 0.3) is 0 Å². The molecule has 206 valence electrons. The lowest BCUT2D eigenvalue weighted by Gasteiger charge is -2.56. The molecule has 2 saturated heterocycles. The summed E-state index contributed by atoms with van der Waals surface area (Å²) in [6, 6.07) is 9.73. The fraction of sp³-hybridized carbons (Fsp3) is 0.655. The highest BCUT2D eigenvalue weighted by atomic mass is 127. The van der Waals surface area contributed by atoms with Crippen molar-refractivity contribution in [2.75, 3.05) is 11.5 Å². The summed E-state index contributed by atoms with van der Waals surface area (Å²) < 4.78 is 0.584. The standard InChI is InChI=1S/C29H39IN4O4/c1-19(32-38-17-28(36)37)29(30)31-26-10-2-3-11-27(26)33(18-35)24-15-22-8-5-9-23(16-24)34(22)25-13-20-6-4-7-21(12-20)14-25/h2-3,10-11,18,20-25H,4-9,12-17H2,1H3,(H,36,37)/b31-29-,32-19+. The van der Waals surface area contributed by atoms with Gasteiger partial charge in [0.15, 0.2) is 0 Å². The van der Waals surface area contributed by atoms with E-state index >= 15 is 0 Å². The van der Waals surface area contributed by atoms with Crippen molar-refractivity contribution in [3.8, 4) is 0 Å². The Bertz CT molecular complexity index is 1050. The molecule has 1 aromatic carbocycles. The molecule has 1 aromatic rings. The van der Waals surface area contributed by atoms with Crippen molar-refractivity contribution in [2.45, 2.75) is 102 Å². The third-order valence-corrected chi connectivity index (χ3v) is 10.1. The van der Waals surface area contributed by atoms with Gasteiger partial charge in [-0.1, -0.05) is 43.0 Å². The predicted octanol–water partition coefficient (Wildman–Crippen LogP) is 5.95. The van der Waals surface area contributed by atoms with Gasteiger partial charge in [0.25, 0.3) is 0 Å².